The van der Waals surface area contributed by atoms with Gasteiger partial charge in [0.15, 0.2) is 0 Å². The average Bonchev–Trinajstić information content (AvgIpc) is 2.73. The molecule has 0 aliphatic heterocycles. The quantitative estimate of drug-likeness (QED) is 0.946. The van der Waals surface area contributed by atoms with Gasteiger partial charge < -0.3 is 5.11 Å². The summed E-state index contributed by atoms with van der Waals surface area (Å²) >= 11 is 6.27. The third-order valence-corrected chi connectivity index (χ3v) is 5.08. The molecule has 1 heterocycles. The van der Waals surface area contributed by atoms with Crippen LogP contribution in [-0.4, -0.2) is 21.0 Å². The number of halogens is 1. The Hall–Kier alpha value is -1.32. The molecule has 1 aliphatic rings. The molecule has 112 valence electrons. The van der Waals surface area contributed by atoms with Crippen molar-refractivity contribution < 1.29 is 5.11 Å². The van der Waals surface area contributed by atoms with Crippen LogP contribution in [0, 0.1) is 12.8 Å². The molecule has 3 rings (SSSR count). The van der Waals surface area contributed by atoms with E-state index in [1.807, 2.05) is 14.0 Å². The van der Waals surface area contributed by atoms with E-state index < -0.39 is 0 Å². The van der Waals surface area contributed by atoms with E-state index in [4.69, 9.17) is 11.6 Å². The first-order valence-corrected chi connectivity index (χ1v) is 7.87. The third-order valence-electron chi connectivity index (χ3n) is 4.61. The van der Waals surface area contributed by atoms with Crippen molar-refractivity contribution in [3.63, 3.8) is 0 Å². The molecule has 2 atom stereocenters. The maximum atomic E-state index is 10.6. The molecule has 0 radical (unpaired) electrons. The van der Waals surface area contributed by atoms with Crippen LogP contribution in [-0.2, 0) is 26.3 Å². The van der Waals surface area contributed by atoms with Gasteiger partial charge >= 0.3 is 0 Å². The lowest BCUT2D eigenvalue weighted by molar-refractivity contribution is 0.0991. The lowest BCUT2D eigenvalue weighted by Gasteiger charge is -2.28. The Kier molecular flexibility index (Phi) is 4.05. The molecule has 0 bridgehead atoms. The number of hydrogen-bond donors (Lipinski definition) is 1. The zero-order valence-electron chi connectivity index (χ0n) is 12.5. The first-order valence-electron chi connectivity index (χ1n) is 7.49. The summed E-state index contributed by atoms with van der Waals surface area (Å²) in [6.45, 7) is 1.95. The van der Waals surface area contributed by atoms with Gasteiger partial charge in [0, 0.05) is 19.0 Å². The highest BCUT2D eigenvalue weighted by Crippen LogP contribution is 2.30. The van der Waals surface area contributed by atoms with Gasteiger partial charge in [-0.2, -0.15) is 5.10 Å². The summed E-state index contributed by atoms with van der Waals surface area (Å²) in [6.07, 6.45) is 3.27. The fourth-order valence-electron chi connectivity index (χ4n) is 3.34. The van der Waals surface area contributed by atoms with E-state index in [1.54, 1.807) is 4.68 Å². The number of aromatic nitrogens is 2. The summed E-state index contributed by atoms with van der Waals surface area (Å²) in [7, 11) is 1.84. The van der Waals surface area contributed by atoms with Gasteiger partial charge in [-0.1, -0.05) is 35.9 Å². The Labute approximate surface area is 130 Å². The maximum Gasteiger partial charge on any atom is 0.130 e. The van der Waals surface area contributed by atoms with E-state index in [-0.39, 0.29) is 6.10 Å². The minimum Gasteiger partial charge on any atom is -0.392 e. The molecular weight excluding hydrogens is 284 g/mol. The number of hydrogen-bond acceptors (Lipinski definition) is 2. The van der Waals surface area contributed by atoms with E-state index in [2.05, 4.69) is 29.4 Å². The number of aliphatic hydroxyl groups excluding tert-OH is 1. The van der Waals surface area contributed by atoms with Crippen LogP contribution in [0.4, 0.5) is 0 Å². The van der Waals surface area contributed by atoms with Crippen LogP contribution >= 0.6 is 11.6 Å². The van der Waals surface area contributed by atoms with Gasteiger partial charge in [-0.3, -0.25) is 4.68 Å². The molecule has 1 N–H and O–H groups in total. The van der Waals surface area contributed by atoms with Gasteiger partial charge in [0.1, 0.15) is 5.15 Å². The van der Waals surface area contributed by atoms with E-state index >= 15 is 0 Å². The van der Waals surface area contributed by atoms with Crippen LogP contribution < -0.4 is 0 Å². The lowest BCUT2D eigenvalue weighted by atomic mass is 9.79. The second-order valence-electron chi connectivity index (χ2n) is 6.02. The molecule has 2 unspecified atom stereocenters. The van der Waals surface area contributed by atoms with Crippen LogP contribution in [0.15, 0.2) is 24.3 Å². The molecule has 4 heteroatoms. The number of fused-ring (bicyclic) bond motifs is 1. The van der Waals surface area contributed by atoms with Crippen molar-refractivity contribution in [2.45, 2.75) is 38.7 Å². The Morgan fingerprint density at radius 2 is 2.10 bits per heavy atom. The summed E-state index contributed by atoms with van der Waals surface area (Å²) < 4.78 is 1.68. The monoisotopic (exact) mass is 304 g/mol. The number of rotatable bonds is 3. The lowest BCUT2D eigenvalue weighted by Crippen LogP contribution is -2.28. The molecule has 1 aliphatic carbocycles. The first-order chi connectivity index (χ1) is 10.1. The molecule has 2 aromatic rings. The maximum absolute atomic E-state index is 10.6. The largest absolute Gasteiger partial charge is 0.392 e. The zero-order valence-corrected chi connectivity index (χ0v) is 13.3. The smallest absolute Gasteiger partial charge is 0.130 e. The van der Waals surface area contributed by atoms with Crippen molar-refractivity contribution >= 4 is 11.6 Å². The Bertz CT molecular complexity index is 650. The molecule has 3 nitrogen and oxygen atoms in total. The Balaban J connectivity index is 1.73. The van der Waals surface area contributed by atoms with Crippen molar-refractivity contribution in [2.24, 2.45) is 13.0 Å². The SMILES string of the molecule is Cc1nn(C)c(Cl)c1CC(O)C1CCc2ccccc2C1. The predicted octanol–water partition coefficient (Wildman–Crippen LogP) is 3.09. The second kappa shape index (κ2) is 5.82. The minimum atomic E-state index is -0.362. The van der Waals surface area contributed by atoms with Gasteiger partial charge in [-0.05, 0) is 43.2 Å². The Morgan fingerprint density at radius 3 is 2.76 bits per heavy atom. The molecule has 0 fully saturated rings. The minimum absolute atomic E-state index is 0.301. The normalized spacial score (nSPS) is 19.3. The molecule has 0 saturated carbocycles. The van der Waals surface area contributed by atoms with Crippen molar-refractivity contribution in [1.82, 2.24) is 9.78 Å². The average molecular weight is 305 g/mol. The van der Waals surface area contributed by atoms with Gasteiger partial charge in [-0.15, -0.1) is 0 Å². The molecule has 21 heavy (non-hydrogen) atoms. The number of nitrogens with zero attached hydrogens (tertiary/aromatic N) is 2. The molecular formula is C17H21ClN2O. The summed E-state index contributed by atoms with van der Waals surface area (Å²) in [4.78, 5) is 0. The fraction of sp³-hybridized carbons (Fsp3) is 0.471. The summed E-state index contributed by atoms with van der Waals surface area (Å²) in [5.74, 6) is 0.301. The van der Waals surface area contributed by atoms with Crippen LogP contribution in [0.5, 0.6) is 0 Å². The highest BCUT2D eigenvalue weighted by molar-refractivity contribution is 6.30. The number of aliphatic hydroxyl groups is 1. The van der Waals surface area contributed by atoms with Crippen molar-refractivity contribution in [2.75, 3.05) is 0 Å². The summed E-state index contributed by atoms with van der Waals surface area (Å²) in [5, 5.41) is 15.6. The van der Waals surface area contributed by atoms with Crippen LogP contribution in [0.1, 0.15) is 28.8 Å². The van der Waals surface area contributed by atoms with E-state index in [1.165, 1.54) is 11.1 Å². The highest BCUT2D eigenvalue weighted by atomic mass is 35.5. The van der Waals surface area contributed by atoms with Crippen molar-refractivity contribution in [1.29, 1.82) is 0 Å². The van der Waals surface area contributed by atoms with Crippen molar-refractivity contribution in [3.8, 4) is 0 Å². The van der Waals surface area contributed by atoms with Crippen LogP contribution in [0.3, 0.4) is 0 Å². The number of aryl methyl sites for hydroxylation is 3. The Morgan fingerprint density at radius 1 is 1.38 bits per heavy atom. The van der Waals surface area contributed by atoms with Gasteiger partial charge in [0.25, 0.3) is 0 Å². The van der Waals surface area contributed by atoms with Gasteiger partial charge in [0.2, 0.25) is 0 Å². The van der Waals surface area contributed by atoms with Crippen LogP contribution in [0.2, 0.25) is 5.15 Å². The van der Waals surface area contributed by atoms with E-state index in [0.717, 1.165) is 30.5 Å². The second-order valence-corrected chi connectivity index (χ2v) is 6.38. The fourth-order valence-corrected chi connectivity index (χ4v) is 3.59. The standard InChI is InChI=1S/C17H21ClN2O/c1-11-15(17(18)20(2)19-11)10-16(21)14-8-7-12-5-3-4-6-13(12)9-14/h3-6,14,16,21H,7-10H2,1-2H3. The molecule has 1 aromatic heterocycles. The molecule has 0 spiro atoms. The topological polar surface area (TPSA) is 38.0 Å². The molecule has 0 saturated heterocycles. The summed E-state index contributed by atoms with van der Waals surface area (Å²) in [6, 6.07) is 8.54. The molecule has 0 amide bonds. The third kappa shape index (κ3) is 2.85. The van der Waals surface area contributed by atoms with E-state index in [9.17, 15) is 5.11 Å². The highest BCUT2D eigenvalue weighted by Gasteiger charge is 2.26. The number of benzene rings is 1. The van der Waals surface area contributed by atoms with Gasteiger partial charge in [-0.25, -0.2) is 0 Å². The summed E-state index contributed by atoms with van der Waals surface area (Å²) in [5.41, 5.74) is 4.70. The van der Waals surface area contributed by atoms with E-state index in [0.29, 0.717) is 17.5 Å². The molecule has 1 aromatic carbocycles. The van der Waals surface area contributed by atoms with Gasteiger partial charge in [0.05, 0.1) is 11.8 Å². The first kappa shape index (κ1) is 14.6. The van der Waals surface area contributed by atoms with Crippen molar-refractivity contribution in [3.05, 3.63) is 51.8 Å². The zero-order chi connectivity index (χ0) is 15.0. The van der Waals surface area contributed by atoms with Crippen LogP contribution in [0.25, 0.3) is 0 Å². The predicted molar refractivity (Wildman–Crippen MR) is 84.6 cm³/mol.